The number of carbonyl (C=O) groups excluding carboxylic acids is 1. The van der Waals surface area contributed by atoms with E-state index in [1.807, 2.05) is 29.5 Å². The molecule has 8 heteroatoms. The van der Waals surface area contributed by atoms with Gasteiger partial charge in [-0.3, -0.25) is 9.48 Å². The van der Waals surface area contributed by atoms with Crippen LogP contribution in [0.1, 0.15) is 29.7 Å². The van der Waals surface area contributed by atoms with E-state index in [1.54, 1.807) is 11.0 Å². The van der Waals surface area contributed by atoms with Gasteiger partial charge in [-0.2, -0.15) is 5.10 Å². The minimum absolute atomic E-state index is 0.312. The summed E-state index contributed by atoms with van der Waals surface area (Å²) in [7, 11) is 1.90. The molecule has 0 aliphatic carbocycles. The SMILES string of the molecule is Cn1ncc2c(N3CCC(CC(=O)N4CCc5sccc5C4)CC3)ncnc21. The number of anilines is 1. The molecule has 3 aromatic rings. The van der Waals surface area contributed by atoms with E-state index in [9.17, 15) is 4.79 Å². The summed E-state index contributed by atoms with van der Waals surface area (Å²) < 4.78 is 1.78. The molecular formula is C20H24N6OS. The van der Waals surface area contributed by atoms with Crippen molar-refractivity contribution in [1.29, 1.82) is 0 Å². The molecule has 28 heavy (non-hydrogen) atoms. The summed E-state index contributed by atoms with van der Waals surface area (Å²) >= 11 is 1.82. The molecule has 2 aliphatic heterocycles. The largest absolute Gasteiger partial charge is 0.356 e. The summed E-state index contributed by atoms with van der Waals surface area (Å²) in [4.78, 5) is 27.5. The molecule has 146 valence electrons. The Kier molecular flexibility index (Phi) is 4.50. The minimum atomic E-state index is 0.312. The first-order valence-electron chi connectivity index (χ1n) is 9.89. The molecule has 0 saturated carbocycles. The Morgan fingerprint density at radius 1 is 1.25 bits per heavy atom. The number of hydrogen-bond acceptors (Lipinski definition) is 6. The molecule has 1 fully saturated rings. The van der Waals surface area contributed by atoms with Crippen LogP contribution in [-0.4, -0.2) is 50.2 Å². The highest BCUT2D eigenvalue weighted by molar-refractivity contribution is 7.10. The van der Waals surface area contributed by atoms with Gasteiger partial charge in [-0.1, -0.05) is 0 Å². The third kappa shape index (κ3) is 3.15. The van der Waals surface area contributed by atoms with Crippen LogP contribution in [0.15, 0.2) is 24.0 Å². The number of fused-ring (bicyclic) bond motifs is 2. The summed E-state index contributed by atoms with van der Waals surface area (Å²) in [6.45, 7) is 3.50. The van der Waals surface area contributed by atoms with E-state index in [0.717, 1.165) is 62.3 Å². The van der Waals surface area contributed by atoms with Crippen molar-refractivity contribution in [3.05, 3.63) is 34.4 Å². The van der Waals surface area contributed by atoms with Gasteiger partial charge in [0.05, 0.1) is 11.6 Å². The van der Waals surface area contributed by atoms with Gasteiger partial charge in [-0.05, 0) is 42.2 Å². The zero-order valence-corrected chi connectivity index (χ0v) is 16.9. The van der Waals surface area contributed by atoms with Gasteiger partial charge in [0.25, 0.3) is 0 Å². The van der Waals surface area contributed by atoms with E-state index in [2.05, 4.69) is 31.4 Å². The maximum absolute atomic E-state index is 12.8. The third-order valence-corrected chi connectivity index (χ3v) is 7.07. The van der Waals surface area contributed by atoms with Gasteiger partial charge in [-0.15, -0.1) is 11.3 Å². The van der Waals surface area contributed by atoms with Crippen molar-refractivity contribution < 1.29 is 4.79 Å². The second kappa shape index (κ2) is 7.16. The number of aromatic nitrogens is 4. The molecule has 0 N–H and O–H groups in total. The molecule has 0 atom stereocenters. The normalized spacial score (nSPS) is 17.9. The molecule has 2 aliphatic rings. The first-order valence-corrected chi connectivity index (χ1v) is 10.8. The fourth-order valence-electron chi connectivity index (χ4n) is 4.39. The maximum atomic E-state index is 12.8. The lowest BCUT2D eigenvalue weighted by Crippen LogP contribution is -2.39. The fourth-order valence-corrected chi connectivity index (χ4v) is 5.28. The summed E-state index contributed by atoms with van der Waals surface area (Å²) in [6, 6.07) is 2.17. The van der Waals surface area contributed by atoms with Crippen LogP contribution in [0.5, 0.6) is 0 Å². The predicted octanol–water partition coefficient (Wildman–Crippen LogP) is 2.62. The van der Waals surface area contributed by atoms with Gasteiger partial charge in [-0.25, -0.2) is 9.97 Å². The van der Waals surface area contributed by atoms with Crippen LogP contribution < -0.4 is 4.90 Å². The summed E-state index contributed by atoms with van der Waals surface area (Å²) in [5, 5.41) is 7.45. The van der Waals surface area contributed by atoms with E-state index >= 15 is 0 Å². The molecule has 0 radical (unpaired) electrons. The lowest BCUT2D eigenvalue weighted by molar-refractivity contribution is -0.133. The number of hydrogen-bond donors (Lipinski definition) is 0. The van der Waals surface area contributed by atoms with Crippen molar-refractivity contribution in [2.75, 3.05) is 24.5 Å². The second-order valence-electron chi connectivity index (χ2n) is 7.77. The topological polar surface area (TPSA) is 67.2 Å². The Bertz CT molecular complexity index is 1000. The number of thiophene rings is 1. The summed E-state index contributed by atoms with van der Waals surface area (Å²) in [5.41, 5.74) is 2.20. The predicted molar refractivity (Wildman–Crippen MR) is 109 cm³/mol. The van der Waals surface area contributed by atoms with Crippen molar-refractivity contribution >= 4 is 34.1 Å². The number of aryl methyl sites for hydroxylation is 1. The van der Waals surface area contributed by atoms with Crippen LogP contribution in [-0.2, 0) is 24.8 Å². The van der Waals surface area contributed by atoms with E-state index < -0.39 is 0 Å². The van der Waals surface area contributed by atoms with Crippen LogP contribution in [0, 0.1) is 5.92 Å². The Morgan fingerprint density at radius 2 is 2.11 bits per heavy atom. The van der Waals surface area contributed by atoms with Gasteiger partial charge in [0, 0.05) is 44.5 Å². The van der Waals surface area contributed by atoms with Crippen molar-refractivity contribution in [1.82, 2.24) is 24.6 Å². The van der Waals surface area contributed by atoms with Crippen LogP contribution in [0.2, 0.25) is 0 Å². The molecule has 5 heterocycles. The van der Waals surface area contributed by atoms with E-state index in [0.29, 0.717) is 18.2 Å². The molecule has 3 aromatic heterocycles. The van der Waals surface area contributed by atoms with Crippen LogP contribution in [0.25, 0.3) is 11.0 Å². The fraction of sp³-hybridized carbons (Fsp3) is 0.500. The van der Waals surface area contributed by atoms with Crippen LogP contribution in [0.3, 0.4) is 0 Å². The zero-order valence-electron chi connectivity index (χ0n) is 16.0. The van der Waals surface area contributed by atoms with Crippen molar-refractivity contribution in [2.24, 2.45) is 13.0 Å². The van der Waals surface area contributed by atoms with Crippen molar-refractivity contribution in [3.63, 3.8) is 0 Å². The Labute approximate surface area is 168 Å². The smallest absolute Gasteiger partial charge is 0.223 e. The van der Waals surface area contributed by atoms with E-state index in [-0.39, 0.29) is 0 Å². The monoisotopic (exact) mass is 396 g/mol. The highest BCUT2D eigenvalue weighted by Gasteiger charge is 2.27. The van der Waals surface area contributed by atoms with Gasteiger partial charge < -0.3 is 9.80 Å². The first kappa shape index (κ1) is 17.6. The van der Waals surface area contributed by atoms with Gasteiger partial charge in [0.1, 0.15) is 12.1 Å². The van der Waals surface area contributed by atoms with Gasteiger partial charge in [0.15, 0.2) is 5.65 Å². The lowest BCUT2D eigenvalue weighted by Gasteiger charge is -2.34. The number of nitrogens with zero attached hydrogens (tertiary/aromatic N) is 6. The zero-order chi connectivity index (χ0) is 19.1. The quantitative estimate of drug-likeness (QED) is 0.681. The average Bonchev–Trinajstić information content (AvgIpc) is 3.35. The van der Waals surface area contributed by atoms with E-state index in [1.165, 1.54) is 10.4 Å². The number of carbonyl (C=O) groups is 1. The van der Waals surface area contributed by atoms with Crippen LogP contribution in [0.4, 0.5) is 5.82 Å². The first-order chi connectivity index (χ1) is 13.7. The second-order valence-corrected chi connectivity index (χ2v) is 8.77. The number of amides is 1. The lowest BCUT2D eigenvalue weighted by atomic mass is 9.92. The third-order valence-electron chi connectivity index (χ3n) is 6.05. The highest BCUT2D eigenvalue weighted by Crippen LogP contribution is 2.30. The summed E-state index contributed by atoms with van der Waals surface area (Å²) in [5.74, 6) is 1.73. The molecular weight excluding hydrogens is 372 g/mol. The molecule has 1 saturated heterocycles. The van der Waals surface area contributed by atoms with Gasteiger partial charge in [0.2, 0.25) is 5.91 Å². The Hall–Kier alpha value is -2.48. The average molecular weight is 397 g/mol. The highest BCUT2D eigenvalue weighted by atomic mass is 32.1. The summed E-state index contributed by atoms with van der Waals surface area (Å²) in [6.07, 6.45) is 7.18. The standard InChI is InChI=1S/C20H24N6OS/c1-24-19-16(11-23-24)20(22-13-21-19)25-6-2-14(3-7-25)10-18(27)26-8-4-17-15(12-26)5-9-28-17/h5,9,11,13-14H,2-4,6-8,10,12H2,1H3. The number of piperidine rings is 1. The Balaban J connectivity index is 1.20. The van der Waals surface area contributed by atoms with E-state index in [4.69, 9.17) is 0 Å². The van der Waals surface area contributed by atoms with Crippen molar-refractivity contribution in [3.8, 4) is 0 Å². The number of rotatable bonds is 3. The van der Waals surface area contributed by atoms with Crippen LogP contribution >= 0.6 is 11.3 Å². The molecule has 0 unspecified atom stereocenters. The maximum Gasteiger partial charge on any atom is 0.223 e. The molecule has 7 nitrogen and oxygen atoms in total. The molecule has 0 spiro atoms. The van der Waals surface area contributed by atoms with Crippen molar-refractivity contribution in [2.45, 2.75) is 32.2 Å². The Morgan fingerprint density at radius 3 is 2.96 bits per heavy atom. The minimum Gasteiger partial charge on any atom is -0.356 e. The molecule has 0 bridgehead atoms. The molecule has 0 aromatic carbocycles. The molecule has 1 amide bonds. The molecule has 5 rings (SSSR count). The van der Waals surface area contributed by atoms with Gasteiger partial charge >= 0.3 is 0 Å².